The lowest BCUT2D eigenvalue weighted by molar-refractivity contribution is -0.126. The maximum atomic E-state index is 11.3. The topological polar surface area (TPSA) is 75.6 Å². The van der Waals surface area contributed by atoms with Gasteiger partial charge < -0.3 is 15.2 Å². The van der Waals surface area contributed by atoms with E-state index in [1.807, 2.05) is 0 Å². The molecule has 0 aromatic heterocycles. The van der Waals surface area contributed by atoms with Gasteiger partial charge in [-0.15, -0.1) is 0 Å². The van der Waals surface area contributed by atoms with Crippen molar-refractivity contribution < 1.29 is 19.4 Å². The number of carboxylic acids is 1. The minimum Gasteiger partial charge on any atom is -0.478 e. The minimum absolute atomic E-state index is 0.00207. The predicted molar refractivity (Wildman–Crippen MR) is 62.6 cm³/mol. The summed E-state index contributed by atoms with van der Waals surface area (Å²) in [5.41, 5.74) is -0.0757. The van der Waals surface area contributed by atoms with Gasteiger partial charge in [0, 0.05) is 7.05 Å². The second kappa shape index (κ2) is 5.54. The Morgan fingerprint density at radius 2 is 2.12 bits per heavy atom. The standard InChI is InChI=1S/C11H12ClNO4/c1-6(10(14)13-2)17-9-7(11(15)16)4-3-5-8(9)12/h3-6H,1-2H3,(H,13,14)(H,15,16). The summed E-state index contributed by atoms with van der Waals surface area (Å²) in [4.78, 5) is 22.2. The Morgan fingerprint density at radius 1 is 1.47 bits per heavy atom. The van der Waals surface area contributed by atoms with E-state index >= 15 is 0 Å². The van der Waals surface area contributed by atoms with E-state index in [1.165, 1.54) is 32.2 Å². The summed E-state index contributed by atoms with van der Waals surface area (Å²) in [6, 6.07) is 4.36. The molecular weight excluding hydrogens is 246 g/mol. The number of likely N-dealkylation sites (N-methyl/N-ethyl adjacent to an activating group) is 1. The zero-order valence-electron chi connectivity index (χ0n) is 9.36. The van der Waals surface area contributed by atoms with Crippen LogP contribution in [0.4, 0.5) is 0 Å². The highest BCUT2D eigenvalue weighted by Gasteiger charge is 2.20. The molecule has 1 rings (SSSR count). The van der Waals surface area contributed by atoms with Gasteiger partial charge in [0.15, 0.2) is 11.9 Å². The van der Waals surface area contributed by atoms with Gasteiger partial charge >= 0.3 is 5.97 Å². The van der Waals surface area contributed by atoms with Crippen molar-refractivity contribution in [2.45, 2.75) is 13.0 Å². The summed E-state index contributed by atoms with van der Waals surface area (Å²) in [6.07, 6.45) is -0.821. The number of carboxylic acid groups (broad SMARTS) is 1. The van der Waals surface area contributed by atoms with Crippen molar-refractivity contribution in [3.63, 3.8) is 0 Å². The van der Waals surface area contributed by atoms with Crippen molar-refractivity contribution in [1.82, 2.24) is 5.32 Å². The molecule has 0 saturated heterocycles. The smallest absolute Gasteiger partial charge is 0.339 e. The van der Waals surface area contributed by atoms with Gasteiger partial charge in [0.2, 0.25) is 0 Å². The van der Waals surface area contributed by atoms with E-state index in [4.69, 9.17) is 21.4 Å². The highest BCUT2D eigenvalue weighted by Crippen LogP contribution is 2.29. The van der Waals surface area contributed by atoms with Crippen LogP contribution in [0.15, 0.2) is 18.2 Å². The molecule has 1 atom stereocenters. The Labute approximate surface area is 103 Å². The van der Waals surface area contributed by atoms with Gasteiger partial charge in [0.05, 0.1) is 5.02 Å². The Bertz CT molecular complexity index is 447. The highest BCUT2D eigenvalue weighted by molar-refractivity contribution is 6.32. The molecule has 5 nitrogen and oxygen atoms in total. The summed E-state index contributed by atoms with van der Waals surface area (Å²) in [5.74, 6) is -1.52. The van der Waals surface area contributed by atoms with Crippen molar-refractivity contribution >= 4 is 23.5 Å². The van der Waals surface area contributed by atoms with E-state index < -0.39 is 12.1 Å². The third-order valence-electron chi connectivity index (χ3n) is 2.11. The molecule has 0 spiro atoms. The number of hydrogen-bond acceptors (Lipinski definition) is 3. The number of nitrogens with one attached hydrogen (secondary N) is 1. The number of ether oxygens (including phenoxy) is 1. The van der Waals surface area contributed by atoms with Crippen LogP contribution in [-0.2, 0) is 4.79 Å². The van der Waals surface area contributed by atoms with E-state index in [1.54, 1.807) is 0 Å². The molecule has 6 heteroatoms. The molecule has 0 aliphatic rings. The molecule has 1 aromatic carbocycles. The number of carbonyl (C=O) groups excluding carboxylic acids is 1. The molecule has 0 aliphatic carbocycles. The second-order valence-corrected chi connectivity index (χ2v) is 3.70. The summed E-state index contributed by atoms with van der Waals surface area (Å²) < 4.78 is 5.27. The molecular formula is C11H12ClNO4. The van der Waals surface area contributed by atoms with Crippen molar-refractivity contribution in [1.29, 1.82) is 0 Å². The first kappa shape index (κ1) is 13.3. The Hall–Kier alpha value is -1.75. The number of aromatic carboxylic acids is 1. The van der Waals surface area contributed by atoms with Crippen LogP contribution >= 0.6 is 11.6 Å². The van der Waals surface area contributed by atoms with Gasteiger partial charge in [-0.05, 0) is 19.1 Å². The number of benzene rings is 1. The molecule has 17 heavy (non-hydrogen) atoms. The third-order valence-corrected chi connectivity index (χ3v) is 2.41. The fourth-order valence-electron chi connectivity index (χ4n) is 1.23. The zero-order chi connectivity index (χ0) is 13.0. The predicted octanol–water partition coefficient (Wildman–Crippen LogP) is 1.55. The van der Waals surface area contributed by atoms with Crippen LogP contribution in [-0.4, -0.2) is 30.1 Å². The van der Waals surface area contributed by atoms with Crippen LogP contribution in [0, 0.1) is 0 Å². The van der Waals surface area contributed by atoms with Gasteiger partial charge in [0.25, 0.3) is 5.91 Å². The van der Waals surface area contributed by atoms with E-state index in [0.29, 0.717) is 0 Å². The summed E-state index contributed by atoms with van der Waals surface area (Å²) >= 11 is 5.85. The number of carbonyl (C=O) groups is 2. The number of para-hydroxylation sites is 1. The monoisotopic (exact) mass is 257 g/mol. The molecule has 1 unspecified atom stereocenters. The molecule has 0 heterocycles. The van der Waals surface area contributed by atoms with Crippen LogP contribution < -0.4 is 10.1 Å². The van der Waals surface area contributed by atoms with Crippen LogP contribution in [0.25, 0.3) is 0 Å². The average Bonchev–Trinajstić information content (AvgIpc) is 2.30. The number of amides is 1. The van der Waals surface area contributed by atoms with E-state index in [-0.39, 0.29) is 22.2 Å². The van der Waals surface area contributed by atoms with E-state index in [9.17, 15) is 9.59 Å². The quantitative estimate of drug-likeness (QED) is 0.858. The molecule has 0 aliphatic heterocycles. The van der Waals surface area contributed by atoms with Crippen LogP contribution in [0.5, 0.6) is 5.75 Å². The first-order chi connectivity index (χ1) is 7.97. The van der Waals surface area contributed by atoms with Crippen molar-refractivity contribution in [3.05, 3.63) is 28.8 Å². The fraction of sp³-hybridized carbons (Fsp3) is 0.273. The Balaban J connectivity index is 3.05. The molecule has 92 valence electrons. The van der Waals surface area contributed by atoms with Gasteiger partial charge in [-0.1, -0.05) is 17.7 Å². The van der Waals surface area contributed by atoms with Gasteiger partial charge in [-0.3, -0.25) is 4.79 Å². The Kier molecular flexibility index (Phi) is 4.34. The molecule has 0 radical (unpaired) electrons. The molecule has 0 saturated carbocycles. The second-order valence-electron chi connectivity index (χ2n) is 3.30. The summed E-state index contributed by atoms with van der Waals surface area (Å²) in [5, 5.41) is 11.5. The summed E-state index contributed by atoms with van der Waals surface area (Å²) in [7, 11) is 1.47. The lowest BCUT2D eigenvalue weighted by Gasteiger charge is -2.15. The van der Waals surface area contributed by atoms with Gasteiger partial charge in [-0.25, -0.2) is 4.79 Å². The molecule has 2 N–H and O–H groups in total. The van der Waals surface area contributed by atoms with Crippen LogP contribution in [0.1, 0.15) is 17.3 Å². The third kappa shape index (κ3) is 3.10. The number of halogens is 1. The fourth-order valence-corrected chi connectivity index (χ4v) is 1.45. The largest absolute Gasteiger partial charge is 0.478 e. The number of rotatable bonds is 4. The lowest BCUT2D eigenvalue weighted by atomic mass is 10.2. The normalized spacial score (nSPS) is 11.7. The molecule has 0 bridgehead atoms. The maximum absolute atomic E-state index is 11.3. The Morgan fingerprint density at radius 3 is 2.65 bits per heavy atom. The first-order valence-electron chi connectivity index (χ1n) is 4.87. The average molecular weight is 258 g/mol. The first-order valence-corrected chi connectivity index (χ1v) is 5.25. The maximum Gasteiger partial charge on any atom is 0.339 e. The summed E-state index contributed by atoms with van der Waals surface area (Å²) in [6.45, 7) is 1.51. The van der Waals surface area contributed by atoms with Gasteiger partial charge in [0.1, 0.15) is 5.56 Å². The number of hydrogen-bond donors (Lipinski definition) is 2. The van der Waals surface area contributed by atoms with Crippen LogP contribution in [0.2, 0.25) is 5.02 Å². The van der Waals surface area contributed by atoms with Crippen molar-refractivity contribution in [3.8, 4) is 5.75 Å². The molecule has 0 fully saturated rings. The molecule has 1 amide bonds. The lowest BCUT2D eigenvalue weighted by Crippen LogP contribution is -2.34. The minimum atomic E-state index is -1.16. The van der Waals surface area contributed by atoms with Crippen molar-refractivity contribution in [2.24, 2.45) is 0 Å². The SMILES string of the molecule is CNC(=O)C(C)Oc1c(Cl)cccc1C(=O)O. The van der Waals surface area contributed by atoms with Gasteiger partial charge in [-0.2, -0.15) is 0 Å². The van der Waals surface area contributed by atoms with Crippen LogP contribution in [0.3, 0.4) is 0 Å². The zero-order valence-corrected chi connectivity index (χ0v) is 10.1. The van der Waals surface area contributed by atoms with Crippen molar-refractivity contribution in [2.75, 3.05) is 7.05 Å². The van der Waals surface area contributed by atoms with E-state index in [2.05, 4.69) is 5.32 Å². The van der Waals surface area contributed by atoms with E-state index in [0.717, 1.165) is 0 Å². The highest BCUT2D eigenvalue weighted by atomic mass is 35.5. The molecule has 1 aromatic rings.